The van der Waals surface area contributed by atoms with Crippen molar-refractivity contribution >= 4 is 16.7 Å². The number of benzene rings is 2. The molecule has 0 N–H and O–H groups in total. The third-order valence-electron chi connectivity index (χ3n) is 5.43. The minimum Gasteiger partial charge on any atom is -0.339 e. The van der Waals surface area contributed by atoms with Crippen molar-refractivity contribution in [1.82, 2.24) is 14.7 Å². The number of aromatic nitrogens is 2. The van der Waals surface area contributed by atoms with Crippen LogP contribution in [-0.4, -0.2) is 33.7 Å². The van der Waals surface area contributed by atoms with E-state index in [1.54, 1.807) is 0 Å². The van der Waals surface area contributed by atoms with Crippen molar-refractivity contribution in [2.45, 2.75) is 33.2 Å². The smallest absolute Gasteiger partial charge is 0.253 e. The summed E-state index contributed by atoms with van der Waals surface area (Å²) in [5.74, 6) is 0.744. The van der Waals surface area contributed by atoms with E-state index in [0.717, 1.165) is 49.1 Å². The third kappa shape index (κ3) is 3.36. The topological polar surface area (TPSA) is 38.1 Å². The van der Waals surface area contributed by atoms with Crippen molar-refractivity contribution in [3.05, 3.63) is 65.5 Å². The molecule has 1 fully saturated rings. The van der Waals surface area contributed by atoms with Crippen molar-refractivity contribution in [1.29, 1.82) is 0 Å². The largest absolute Gasteiger partial charge is 0.339 e. The van der Waals surface area contributed by atoms with E-state index in [4.69, 9.17) is 0 Å². The monoisotopic (exact) mass is 347 g/mol. The highest BCUT2D eigenvalue weighted by atomic mass is 16.2. The maximum atomic E-state index is 12.9. The summed E-state index contributed by atoms with van der Waals surface area (Å²) in [6.07, 6.45) is 2.08. The predicted molar refractivity (Wildman–Crippen MR) is 104 cm³/mol. The van der Waals surface area contributed by atoms with Crippen molar-refractivity contribution in [3.8, 4) is 0 Å². The maximum absolute atomic E-state index is 12.9. The van der Waals surface area contributed by atoms with E-state index in [1.165, 1.54) is 11.1 Å². The Morgan fingerprint density at radius 1 is 1.04 bits per heavy atom. The van der Waals surface area contributed by atoms with Gasteiger partial charge >= 0.3 is 0 Å². The van der Waals surface area contributed by atoms with Crippen LogP contribution in [0.1, 0.15) is 34.6 Å². The zero-order valence-electron chi connectivity index (χ0n) is 15.5. The lowest BCUT2D eigenvalue weighted by molar-refractivity contribution is 0.0681. The summed E-state index contributed by atoms with van der Waals surface area (Å²) in [5.41, 5.74) is 3.09. The molecule has 3 aromatic rings. The summed E-state index contributed by atoms with van der Waals surface area (Å²) < 4.78 is 2.11. The molecule has 1 aliphatic heterocycles. The summed E-state index contributed by atoms with van der Waals surface area (Å²) in [6, 6.07) is 16.3. The molecule has 1 amide bonds. The van der Waals surface area contributed by atoms with Gasteiger partial charge in [0.2, 0.25) is 0 Å². The SMILES string of the molecule is Cc1cc(C)n(CC2CCN(C(=O)c3ccc4ccccc4c3)CC2)n1. The van der Waals surface area contributed by atoms with Crippen molar-refractivity contribution in [3.63, 3.8) is 0 Å². The Labute approximate surface area is 154 Å². The molecule has 4 nitrogen and oxygen atoms in total. The van der Waals surface area contributed by atoms with Gasteiger partial charge in [-0.1, -0.05) is 30.3 Å². The van der Waals surface area contributed by atoms with Crippen LogP contribution in [0.25, 0.3) is 10.8 Å². The van der Waals surface area contributed by atoms with E-state index >= 15 is 0 Å². The van der Waals surface area contributed by atoms with Crippen LogP contribution >= 0.6 is 0 Å². The van der Waals surface area contributed by atoms with Gasteiger partial charge < -0.3 is 4.90 Å². The molecule has 26 heavy (non-hydrogen) atoms. The second-order valence-electron chi connectivity index (χ2n) is 7.41. The molecule has 0 unspecified atom stereocenters. The van der Waals surface area contributed by atoms with E-state index in [0.29, 0.717) is 5.92 Å². The van der Waals surface area contributed by atoms with Gasteiger partial charge in [0.05, 0.1) is 5.69 Å². The fraction of sp³-hybridized carbons (Fsp3) is 0.364. The summed E-state index contributed by atoms with van der Waals surface area (Å²) in [7, 11) is 0. The van der Waals surface area contributed by atoms with Crippen LogP contribution in [0.4, 0.5) is 0 Å². The lowest BCUT2D eigenvalue weighted by atomic mass is 9.96. The first kappa shape index (κ1) is 16.8. The number of hydrogen-bond acceptors (Lipinski definition) is 2. The Bertz CT molecular complexity index is 935. The van der Waals surface area contributed by atoms with Crippen molar-refractivity contribution in [2.75, 3.05) is 13.1 Å². The molecule has 0 spiro atoms. The summed E-state index contributed by atoms with van der Waals surface area (Å²) in [6.45, 7) is 6.76. The maximum Gasteiger partial charge on any atom is 0.253 e. The minimum absolute atomic E-state index is 0.153. The van der Waals surface area contributed by atoms with Crippen LogP contribution in [0.5, 0.6) is 0 Å². The van der Waals surface area contributed by atoms with Crippen LogP contribution < -0.4 is 0 Å². The van der Waals surface area contributed by atoms with Crippen molar-refractivity contribution < 1.29 is 4.79 Å². The van der Waals surface area contributed by atoms with Crippen LogP contribution in [0.15, 0.2) is 48.5 Å². The average Bonchev–Trinajstić information content (AvgIpc) is 2.98. The fourth-order valence-corrected chi connectivity index (χ4v) is 3.93. The van der Waals surface area contributed by atoms with Gasteiger partial charge in [-0.25, -0.2) is 0 Å². The van der Waals surface area contributed by atoms with Gasteiger partial charge in [-0.15, -0.1) is 0 Å². The molecule has 1 aliphatic rings. The molecule has 0 radical (unpaired) electrons. The van der Waals surface area contributed by atoms with E-state index in [-0.39, 0.29) is 5.91 Å². The average molecular weight is 347 g/mol. The Kier molecular flexibility index (Phi) is 4.49. The molecule has 134 valence electrons. The third-order valence-corrected chi connectivity index (χ3v) is 5.43. The first-order valence-corrected chi connectivity index (χ1v) is 9.39. The molecule has 1 aromatic heterocycles. The zero-order valence-corrected chi connectivity index (χ0v) is 15.5. The number of rotatable bonds is 3. The number of nitrogens with zero attached hydrogens (tertiary/aromatic N) is 3. The van der Waals surface area contributed by atoms with Gasteiger partial charge in [0.1, 0.15) is 0 Å². The first-order valence-electron chi connectivity index (χ1n) is 9.39. The number of amides is 1. The zero-order chi connectivity index (χ0) is 18.1. The fourth-order valence-electron chi connectivity index (χ4n) is 3.93. The van der Waals surface area contributed by atoms with E-state index in [1.807, 2.05) is 42.2 Å². The summed E-state index contributed by atoms with van der Waals surface area (Å²) in [4.78, 5) is 14.9. The number of carbonyl (C=O) groups is 1. The highest BCUT2D eigenvalue weighted by Gasteiger charge is 2.24. The van der Waals surface area contributed by atoms with Gasteiger partial charge in [-0.2, -0.15) is 5.10 Å². The lowest BCUT2D eigenvalue weighted by Gasteiger charge is -2.32. The number of piperidine rings is 1. The van der Waals surface area contributed by atoms with E-state index in [2.05, 4.69) is 34.9 Å². The van der Waals surface area contributed by atoms with Gasteiger partial charge in [-0.05, 0) is 61.6 Å². The van der Waals surface area contributed by atoms with E-state index in [9.17, 15) is 4.79 Å². The van der Waals surface area contributed by atoms with E-state index < -0.39 is 0 Å². The molecule has 4 rings (SSSR count). The predicted octanol–water partition coefficient (Wildman–Crippen LogP) is 4.21. The highest BCUT2D eigenvalue weighted by Crippen LogP contribution is 2.23. The molecular formula is C22H25N3O. The number of fused-ring (bicyclic) bond motifs is 1. The van der Waals surface area contributed by atoms with Crippen LogP contribution in [-0.2, 0) is 6.54 Å². The van der Waals surface area contributed by atoms with Gasteiger partial charge in [0, 0.05) is 30.9 Å². The number of aryl methyl sites for hydroxylation is 2. The second kappa shape index (κ2) is 6.94. The quantitative estimate of drug-likeness (QED) is 0.712. The number of carbonyl (C=O) groups excluding carboxylic acids is 1. The van der Waals surface area contributed by atoms with Crippen LogP contribution in [0.2, 0.25) is 0 Å². The molecule has 0 bridgehead atoms. The minimum atomic E-state index is 0.153. The molecule has 0 saturated carbocycles. The molecule has 1 saturated heterocycles. The summed E-state index contributed by atoms with van der Waals surface area (Å²) >= 11 is 0. The lowest BCUT2D eigenvalue weighted by Crippen LogP contribution is -2.39. The normalized spacial score (nSPS) is 15.5. The Morgan fingerprint density at radius 3 is 2.46 bits per heavy atom. The highest BCUT2D eigenvalue weighted by molar-refractivity contribution is 5.98. The number of likely N-dealkylation sites (tertiary alicyclic amines) is 1. The second-order valence-corrected chi connectivity index (χ2v) is 7.41. The Morgan fingerprint density at radius 2 is 1.77 bits per heavy atom. The molecule has 0 atom stereocenters. The Balaban J connectivity index is 1.40. The summed E-state index contributed by atoms with van der Waals surface area (Å²) in [5, 5.41) is 6.87. The molecule has 2 heterocycles. The Hall–Kier alpha value is -2.62. The van der Waals surface area contributed by atoms with Gasteiger partial charge in [0.15, 0.2) is 0 Å². The van der Waals surface area contributed by atoms with Crippen molar-refractivity contribution in [2.24, 2.45) is 5.92 Å². The molecular weight excluding hydrogens is 322 g/mol. The number of hydrogen-bond donors (Lipinski definition) is 0. The standard InChI is InChI=1S/C22H25N3O/c1-16-13-17(2)25(23-16)15-18-9-11-24(12-10-18)22(26)21-8-7-19-5-3-4-6-20(19)14-21/h3-8,13-14,18H,9-12,15H2,1-2H3. The molecule has 4 heteroatoms. The first-order chi connectivity index (χ1) is 12.6. The van der Waals surface area contributed by atoms with Crippen LogP contribution in [0, 0.1) is 19.8 Å². The molecule has 0 aliphatic carbocycles. The molecule has 2 aromatic carbocycles. The van der Waals surface area contributed by atoms with Crippen LogP contribution in [0.3, 0.4) is 0 Å². The van der Waals surface area contributed by atoms with Gasteiger partial charge in [-0.3, -0.25) is 9.48 Å². The van der Waals surface area contributed by atoms with Gasteiger partial charge in [0.25, 0.3) is 5.91 Å².